The zero-order chi connectivity index (χ0) is 25.1. The Labute approximate surface area is 210 Å². The number of phenols is 2. The third-order valence-corrected chi connectivity index (χ3v) is 6.50. The van der Waals surface area contributed by atoms with Gasteiger partial charge in [-0.25, -0.2) is 4.68 Å². The smallest absolute Gasteiger partial charge is 0.222 e. The Kier molecular flexibility index (Phi) is 6.62. The fraction of sp³-hybridized carbons (Fsp3) is 0.241. The highest BCUT2D eigenvalue weighted by Gasteiger charge is 2.21. The van der Waals surface area contributed by atoms with Crippen LogP contribution < -0.4 is 4.74 Å². The van der Waals surface area contributed by atoms with Crippen LogP contribution in [0.1, 0.15) is 25.3 Å². The fourth-order valence-corrected chi connectivity index (χ4v) is 4.64. The zero-order valence-electron chi connectivity index (χ0n) is 20.2. The van der Waals surface area contributed by atoms with Gasteiger partial charge < -0.3 is 19.8 Å². The lowest BCUT2D eigenvalue weighted by Crippen LogP contribution is -2.29. The predicted molar refractivity (Wildman–Crippen MR) is 138 cm³/mol. The van der Waals surface area contributed by atoms with Crippen molar-refractivity contribution in [2.24, 2.45) is 0 Å². The van der Waals surface area contributed by atoms with Gasteiger partial charge in [-0.1, -0.05) is 6.92 Å². The molecule has 184 valence electrons. The quantitative estimate of drug-likeness (QED) is 0.361. The molecule has 1 amide bonds. The van der Waals surface area contributed by atoms with Crippen LogP contribution in [0.3, 0.4) is 0 Å². The highest BCUT2D eigenvalue weighted by molar-refractivity contribution is 5.78. The van der Waals surface area contributed by atoms with Crippen LogP contribution in [0.15, 0.2) is 72.8 Å². The zero-order valence-corrected chi connectivity index (χ0v) is 20.2. The second-order valence-corrected chi connectivity index (χ2v) is 8.86. The van der Waals surface area contributed by atoms with E-state index in [1.165, 1.54) is 0 Å². The van der Waals surface area contributed by atoms with E-state index in [9.17, 15) is 15.0 Å². The number of rotatable bonds is 8. The van der Waals surface area contributed by atoms with Crippen molar-refractivity contribution in [3.63, 3.8) is 0 Å². The number of hydrogen-bond acceptors (Lipinski definition) is 5. The number of ether oxygens (including phenoxy) is 1. The molecule has 0 spiro atoms. The van der Waals surface area contributed by atoms with Crippen molar-refractivity contribution in [3.8, 4) is 45.5 Å². The van der Waals surface area contributed by atoms with E-state index in [0.717, 1.165) is 58.9 Å². The Balaban J connectivity index is 1.48. The molecule has 3 aromatic carbocycles. The number of amides is 1. The Bertz CT molecular complexity index is 1340. The third kappa shape index (κ3) is 4.77. The molecule has 4 aromatic rings. The average Bonchev–Trinajstić information content (AvgIpc) is 3.49. The predicted octanol–water partition coefficient (Wildman–Crippen LogP) is 5.18. The van der Waals surface area contributed by atoms with Crippen molar-refractivity contribution in [2.45, 2.75) is 26.2 Å². The summed E-state index contributed by atoms with van der Waals surface area (Å²) < 4.78 is 7.81. The standard InChI is InChI=1S/C29H29N3O4/c1-2-26-28(20-5-11-23(33)12-6-20)30-32(22-9-13-24(34)14-10-22)29(26)21-7-15-25(16-8-21)36-19-18-31-17-3-4-27(31)35/h5-16,33-34H,2-4,17-19H2,1H3. The third-order valence-electron chi connectivity index (χ3n) is 6.50. The average molecular weight is 484 g/mol. The summed E-state index contributed by atoms with van der Waals surface area (Å²) in [7, 11) is 0. The van der Waals surface area contributed by atoms with Crippen molar-refractivity contribution >= 4 is 5.91 Å². The minimum atomic E-state index is 0.194. The number of aromatic nitrogens is 2. The van der Waals surface area contributed by atoms with Crippen molar-refractivity contribution in [1.82, 2.24) is 14.7 Å². The van der Waals surface area contributed by atoms with Gasteiger partial charge in [-0.15, -0.1) is 0 Å². The molecule has 1 saturated heterocycles. The molecule has 0 unspecified atom stereocenters. The van der Waals surface area contributed by atoms with Crippen molar-refractivity contribution < 1.29 is 19.7 Å². The first-order valence-corrected chi connectivity index (χ1v) is 12.2. The van der Waals surface area contributed by atoms with E-state index in [0.29, 0.717) is 19.6 Å². The number of likely N-dealkylation sites (tertiary alicyclic amines) is 1. The molecule has 36 heavy (non-hydrogen) atoms. The Morgan fingerprint density at radius 1 is 0.889 bits per heavy atom. The summed E-state index contributed by atoms with van der Waals surface area (Å²) in [6, 6.07) is 21.9. The number of phenolic OH excluding ortho intramolecular Hbond substituents is 2. The number of benzene rings is 3. The van der Waals surface area contributed by atoms with Gasteiger partial charge in [-0.2, -0.15) is 5.10 Å². The normalized spacial score (nSPS) is 13.4. The molecular weight excluding hydrogens is 454 g/mol. The van der Waals surface area contributed by atoms with Crippen molar-refractivity contribution in [1.29, 1.82) is 0 Å². The van der Waals surface area contributed by atoms with E-state index in [1.807, 2.05) is 58.1 Å². The Morgan fingerprint density at radius 2 is 1.53 bits per heavy atom. The van der Waals surface area contributed by atoms with Crippen molar-refractivity contribution in [2.75, 3.05) is 19.7 Å². The van der Waals surface area contributed by atoms with Crippen LogP contribution >= 0.6 is 0 Å². The molecule has 7 heteroatoms. The van der Waals surface area contributed by atoms with Crippen molar-refractivity contribution in [3.05, 3.63) is 78.4 Å². The Morgan fingerprint density at radius 3 is 2.14 bits per heavy atom. The minimum absolute atomic E-state index is 0.194. The molecule has 1 aromatic heterocycles. The summed E-state index contributed by atoms with van der Waals surface area (Å²) in [6.07, 6.45) is 2.31. The van der Waals surface area contributed by atoms with Gasteiger partial charge in [-0.05, 0) is 85.6 Å². The lowest BCUT2D eigenvalue weighted by atomic mass is 9.99. The summed E-state index contributed by atoms with van der Waals surface area (Å²) >= 11 is 0. The maximum atomic E-state index is 11.8. The maximum absolute atomic E-state index is 11.8. The summed E-state index contributed by atoms with van der Waals surface area (Å²) in [4.78, 5) is 13.7. The number of hydrogen-bond donors (Lipinski definition) is 2. The molecule has 1 aliphatic rings. The van der Waals surface area contributed by atoms with Gasteiger partial charge in [0, 0.05) is 29.7 Å². The molecule has 2 heterocycles. The summed E-state index contributed by atoms with van der Waals surface area (Å²) in [6.45, 7) is 3.97. The van der Waals surface area contributed by atoms with E-state index in [4.69, 9.17) is 9.84 Å². The highest BCUT2D eigenvalue weighted by Crippen LogP contribution is 2.36. The van der Waals surface area contributed by atoms with E-state index >= 15 is 0 Å². The van der Waals surface area contributed by atoms with E-state index < -0.39 is 0 Å². The molecule has 1 aliphatic heterocycles. The van der Waals surface area contributed by atoms with Gasteiger partial charge in [-0.3, -0.25) is 4.79 Å². The maximum Gasteiger partial charge on any atom is 0.222 e. The van der Waals surface area contributed by atoms with Crippen LogP contribution in [-0.4, -0.2) is 50.5 Å². The molecule has 5 rings (SSSR count). The van der Waals surface area contributed by atoms with Crippen LogP contribution in [-0.2, 0) is 11.2 Å². The van der Waals surface area contributed by atoms with Gasteiger partial charge in [0.05, 0.1) is 23.6 Å². The molecule has 0 saturated carbocycles. The molecule has 0 atom stereocenters. The number of nitrogens with zero attached hydrogens (tertiary/aromatic N) is 3. The van der Waals surface area contributed by atoms with Gasteiger partial charge in [0.2, 0.25) is 5.91 Å². The summed E-state index contributed by atoms with van der Waals surface area (Å²) in [5.74, 6) is 1.35. The fourth-order valence-electron chi connectivity index (χ4n) is 4.64. The number of carbonyl (C=O) groups is 1. The van der Waals surface area contributed by atoms with Gasteiger partial charge >= 0.3 is 0 Å². The Hall–Kier alpha value is -4.26. The topological polar surface area (TPSA) is 87.8 Å². The highest BCUT2D eigenvalue weighted by atomic mass is 16.5. The largest absolute Gasteiger partial charge is 0.508 e. The lowest BCUT2D eigenvalue weighted by Gasteiger charge is -2.16. The molecule has 0 aliphatic carbocycles. The van der Waals surface area contributed by atoms with Crippen LogP contribution in [0.25, 0.3) is 28.2 Å². The molecule has 1 fully saturated rings. The van der Waals surface area contributed by atoms with E-state index in [1.54, 1.807) is 24.3 Å². The van der Waals surface area contributed by atoms with Gasteiger partial charge in [0.1, 0.15) is 23.9 Å². The molecule has 2 N–H and O–H groups in total. The second kappa shape index (κ2) is 10.2. The first kappa shape index (κ1) is 23.5. The van der Waals surface area contributed by atoms with Crippen LogP contribution in [0.4, 0.5) is 0 Å². The molecule has 0 radical (unpaired) electrons. The minimum Gasteiger partial charge on any atom is -0.508 e. The number of aromatic hydroxyl groups is 2. The first-order valence-electron chi connectivity index (χ1n) is 12.2. The van der Waals surface area contributed by atoms with Crippen LogP contribution in [0.2, 0.25) is 0 Å². The first-order chi connectivity index (χ1) is 17.5. The van der Waals surface area contributed by atoms with Gasteiger partial charge in [0.25, 0.3) is 0 Å². The SMILES string of the molecule is CCc1c(-c2ccc(O)cc2)nn(-c2ccc(O)cc2)c1-c1ccc(OCCN2CCCC2=O)cc1. The summed E-state index contributed by atoms with van der Waals surface area (Å²) in [5, 5.41) is 24.5. The second-order valence-electron chi connectivity index (χ2n) is 8.86. The van der Waals surface area contributed by atoms with E-state index in [-0.39, 0.29) is 17.4 Å². The number of carbonyl (C=O) groups excluding carboxylic acids is 1. The van der Waals surface area contributed by atoms with E-state index in [2.05, 4.69) is 6.92 Å². The molecular formula is C29H29N3O4. The van der Waals surface area contributed by atoms with Crippen LogP contribution in [0.5, 0.6) is 17.2 Å². The van der Waals surface area contributed by atoms with Gasteiger partial charge in [0.15, 0.2) is 0 Å². The molecule has 7 nitrogen and oxygen atoms in total. The van der Waals surface area contributed by atoms with Crippen LogP contribution in [0, 0.1) is 0 Å². The lowest BCUT2D eigenvalue weighted by molar-refractivity contribution is -0.128. The molecule has 0 bridgehead atoms. The monoisotopic (exact) mass is 483 g/mol. The summed E-state index contributed by atoms with van der Waals surface area (Å²) in [5.41, 5.74) is 5.61.